The molecule has 0 heterocycles. The molecule has 0 saturated heterocycles. The molecule has 5 heteroatoms. The van der Waals surface area contributed by atoms with Crippen molar-refractivity contribution >= 4 is 10.0 Å². The topological polar surface area (TPSA) is 72.2 Å². The van der Waals surface area contributed by atoms with E-state index in [1.54, 1.807) is 0 Å². The van der Waals surface area contributed by atoms with Crippen LogP contribution in [-0.4, -0.2) is 26.8 Å². The van der Waals surface area contributed by atoms with Crippen molar-refractivity contribution in [3.63, 3.8) is 0 Å². The largest absolute Gasteiger partial charge is 0.329 e. The summed E-state index contributed by atoms with van der Waals surface area (Å²) in [5, 5.41) is -0.436. The second-order valence-corrected chi connectivity index (χ2v) is 7.04. The van der Waals surface area contributed by atoms with E-state index >= 15 is 0 Å². The lowest BCUT2D eigenvalue weighted by atomic mass is 9.87. The van der Waals surface area contributed by atoms with Gasteiger partial charge in [0, 0.05) is 13.1 Å². The zero-order valence-corrected chi connectivity index (χ0v) is 11.6. The summed E-state index contributed by atoms with van der Waals surface area (Å²) in [4.78, 5) is 0. The highest BCUT2D eigenvalue weighted by Gasteiger charge is 2.22. The van der Waals surface area contributed by atoms with Crippen LogP contribution >= 0.6 is 0 Å². The zero-order chi connectivity index (χ0) is 12.7. The van der Waals surface area contributed by atoms with E-state index in [0.717, 1.165) is 6.42 Å². The maximum absolute atomic E-state index is 11.8. The van der Waals surface area contributed by atoms with Gasteiger partial charge in [-0.1, -0.05) is 39.0 Å². The molecule has 0 aromatic carbocycles. The molecular weight excluding hydrogens is 236 g/mol. The standard InChI is InChI=1S/C12H26N2O2S/c1-2-12(10-13)17(15,16)14-9-8-11-6-4-3-5-7-11/h11-12,14H,2-10,13H2,1H3. The van der Waals surface area contributed by atoms with Gasteiger partial charge in [-0.3, -0.25) is 0 Å². The second-order valence-electron chi connectivity index (χ2n) is 5.00. The van der Waals surface area contributed by atoms with Crippen LogP contribution in [0, 0.1) is 5.92 Å². The van der Waals surface area contributed by atoms with Crippen molar-refractivity contribution in [2.75, 3.05) is 13.1 Å². The van der Waals surface area contributed by atoms with E-state index in [-0.39, 0.29) is 6.54 Å². The van der Waals surface area contributed by atoms with E-state index in [2.05, 4.69) is 4.72 Å². The molecule has 4 nitrogen and oxygen atoms in total. The summed E-state index contributed by atoms with van der Waals surface area (Å²) in [6.07, 6.45) is 8.02. The van der Waals surface area contributed by atoms with E-state index < -0.39 is 15.3 Å². The Hall–Kier alpha value is -0.130. The Morgan fingerprint density at radius 1 is 1.29 bits per heavy atom. The third-order valence-corrected chi connectivity index (χ3v) is 5.75. The fourth-order valence-electron chi connectivity index (χ4n) is 2.51. The van der Waals surface area contributed by atoms with Gasteiger partial charge in [0.2, 0.25) is 10.0 Å². The molecule has 0 amide bonds. The molecule has 3 N–H and O–H groups in total. The van der Waals surface area contributed by atoms with Gasteiger partial charge in [-0.25, -0.2) is 13.1 Å². The molecule has 0 bridgehead atoms. The van der Waals surface area contributed by atoms with Gasteiger partial charge in [0.15, 0.2) is 0 Å². The fraction of sp³-hybridized carbons (Fsp3) is 1.00. The highest BCUT2D eigenvalue weighted by atomic mass is 32.2. The van der Waals surface area contributed by atoms with Crippen molar-refractivity contribution in [3.8, 4) is 0 Å². The van der Waals surface area contributed by atoms with Gasteiger partial charge in [0.05, 0.1) is 5.25 Å². The molecule has 0 aromatic heterocycles. The summed E-state index contributed by atoms with van der Waals surface area (Å²) in [7, 11) is -3.20. The predicted octanol–water partition coefficient (Wildman–Crippen LogP) is 1.61. The third-order valence-electron chi connectivity index (χ3n) is 3.74. The van der Waals surface area contributed by atoms with Crippen LogP contribution in [-0.2, 0) is 10.0 Å². The SMILES string of the molecule is CCC(CN)S(=O)(=O)NCCC1CCCCC1. The van der Waals surface area contributed by atoms with Crippen LogP contribution in [0.2, 0.25) is 0 Å². The van der Waals surface area contributed by atoms with Gasteiger partial charge < -0.3 is 5.73 Å². The predicted molar refractivity (Wildman–Crippen MR) is 71.2 cm³/mol. The van der Waals surface area contributed by atoms with E-state index in [9.17, 15) is 8.42 Å². The van der Waals surface area contributed by atoms with Crippen molar-refractivity contribution in [2.45, 2.75) is 57.1 Å². The van der Waals surface area contributed by atoms with Crippen LogP contribution in [0.25, 0.3) is 0 Å². The lowest BCUT2D eigenvalue weighted by Crippen LogP contribution is -2.39. The molecule has 1 unspecified atom stereocenters. The smallest absolute Gasteiger partial charge is 0.215 e. The molecule has 1 atom stereocenters. The first kappa shape index (κ1) is 14.9. The highest BCUT2D eigenvalue weighted by molar-refractivity contribution is 7.90. The normalized spacial score (nSPS) is 20.4. The Kier molecular flexibility index (Phi) is 6.44. The minimum absolute atomic E-state index is 0.204. The lowest BCUT2D eigenvalue weighted by molar-refractivity contribution is 0.339. The van der Waals surface area contributed by atoms with Crippen LogP contribution in [0.1, 0.15) is 51.9 Å². The van der Waals surface area contributed by atoms with E-state index in [0.29, 0.717) is 18.9 Å². The van der Waals surface area contributed by atoms with Crippen molar-refractivity contribution in [3.05, 3.63) is 0 Å². The number of nitrogens with one attached hydrogen (secondary N) is 1. The van der Waals surface area contributed by atoms with Gasteiger partial charge >= 0.3 is 0 Å². The van der Waals surface area contributed by atoms with E-state index in [1.165, 1.54) is 32.1 Å². The Labute approximate surface area is 105 Å². The molecular formula is C12H26N2O2S. The quantitative estimate of drug-likeness (QED) is 0.732. The average molecular weight is 262 g/mol. The Balaban J connectivity index is 2.29. The molecule has 1 rings (SSSR count). The van der Waals surface area contributed by atoms with E-state index in [4.69, 9.17) is 5.73 Å². The van der Waals surface area contributed by atoms with Crippen LogP contribution in [0.4, 0.5) is 0 Å². The molecule has 1 saturated carbocycles. The number of nitrogens with two attached hydrogens (primary N) is 1. The second kappa shape index (κ2) is 7.34. The van der Waals surface area contributed by atoms with Gasteiger partial charge in [-0.2, -0.15) is 0 Å². The summed E-state index contributed by atoms with van der Waals surface area (Å²) in [5.74, 6) is 0.712. The average Bonchev–Trinajstić information content (AvgIpc) is 2.31. The van der Waals surface area contributed by atoms with Crippen LogP contribution in [0.3, 0.4) is 0 Å². The monoisotopic (exact) mass is 262 g/mol. The highest BCUT2D eigenvalue weighted by Crippen LogP contribution is 2.25. The summed E-state index contributed by atoms with van der Waals surface area (Å²) in [5.41, 5.74) is 5.46. The minimum Gasteiger partial charge on any atom is -0.329 e. The number of sulfonamides is 1. The molecule has 0 aromatic rings. The summed E-state index contributed by atoms with van der Waals surface area (Å²) in [6, 6.07) is 0. The minimum atomic E-state index is -3.20. The van der Waals surface area contributed by atoms with Crippen LogP contribution in [0.15, 0.2) is 0 Å². The molecule has 17 heavy (non-hydrogen) atoms. The fourth-order valence-corrected chi connectivity index (χ4v) is 3.84. The molecule has 0 radical (unpaired) electrons. The summed E-state index contributed by atoms with van der Waals surface area (Å²) in [6.45, 7) is 2.64. The molecule has 1 fully saturated rings. The zero-order valence-electron chi connectivity index (χ0n) is 10.8. The van der Waals surface area contributed by atoms with Crippen molar-refractivity contribution in [1.82, 2.24) is 4.72 Å². The molecule has 1 aliphatic rings. The summed E-state index contributed by atoms with van der Waals surface area (Å²) >= 11 is 0. The first-order chi connectivity index (χ1) is 8.10. The van der Waals surface area contributed by atoms with Gasteiger partial charge in [0.25, 0.3) is 0 Å². The van der Waals surface area contributed by atoms with Crippen molar-refractivity contribution in [1.29, 1.82) is 0 Å². The maximum atomic E-state index is 11.8. The number of hydrogen-bond donors (Lipinski definition) is 2. The van der Waals surface area contributed by atoms with E-state index in [1.807, 2.05) is 6.92 Å². The molecule has 0 spiro atoms. The van der Waals surface area contributed by atoms with Crippen molar-refractivity contribution in [2.24, 2.45) is 11.7 Å². The molecule has 0 aliphatic heterocycles. The Morgan fingerprint density at radius 3 is 2.47 bits per heavy atom. The van der Waals surface area contributed by atoms with Crippen LogP contribution < -0.4 is 10.5 Å². The Bertz CT molecular complexity index is 294. The van der Waals surface area contributed by atoms with Gasteiger partial charge in [-0.05, 0) is 18.8 Å². The first-order valence-corrected chi connectivity index (χ1v) is 8.33. The first-order valence-electron chi connectivity index (χ1n) is 6.78. The molecule has 102 valence electrons. The molecule has 1 aliphatic carbocycles. The number of rotatable bonds is 7. The van der Waals surface area contributed by atoms with Gasteiger partial charge in [0.1, 0.15) is 0 Å². The van der Waals surface area contributed by atoms with Crippen LogP contribution in [0.5, 0.6) is 0 Å². The van der Waals surface area contributed by atoms with Gasteiger partial charge in [-0.15, -0.1) is 0 Å². The third kappa shape index (κ3) is 4.94. The van der Waals surface area contributed by atoms with Crippen molar-refractivity contribution < 1.29 is 8.42 Å². The Morgan fingerprint density at radius 2 is 1.94 bits per heavy atom. The number of hydrogen-bond acceptors (Lipinski definition) is 3. The maximum Gasteiger partial charge on any atom is 0.215 e. The summed E-state index contributed by atoms with van der Waals surface area (Å²) < 4.78 is 26.4. The lowest BCUT2D eigenvalue weighted by Gasteiger charge is -2.22.